The van der Waals surface area contributed by atoms with Crippen molar-refractivity contribution in [1.82, 2.24) is 10.2 Å². The van der Waals surface area contributed by atoms with E-state index in [1.165, 1.54) is 32.1 Å². The summed E-state index contributed by atoms with van der Waals surface area (Å²) in [4.78, 5) is 14.5. The summed E-state index contributed by atoms with van der Waals surface area (Å²) in [6.07, 6.45) is 8.67. The zero-order chi connectivity index (χ0) is 14.4. The third-order valence-electron chi connectivity index (χ3n) is 5.09. The Morgan fingerprint density at radius 3 is 2.55 bits per heavy atom. The van der Waals surface area contributed by atoms with Gasteiger partial charge >= 0.3 is 0 Å². The molecular weight excluding hydrogens is 250 g/mol. The van der Waals surface area contributed by atoms with Crippen molar-refractivity contribution in [3.8, 4) is 0 Å². The summed E-state index contributed by atoms with van der Waals surface area (Å²) in [6, 6.07) is 0.416. The molecule has 2 unspecified atom stereocenters. The van der Waals surface area contributed by atoms with Gasteiger partial charge < -0.3 is 11.1 Å². The number of likely N-dealkylation sites (tertiary alicyclic amines) is 1. The highest BCUT2D eigenvalue weighted by Gasteiger charge is 2.26. The van der Waals surface area contributed by atoms with Crippen LogP contribution >= 0.6 is 0 Å². The summed E-state index contributed by atoms with van der Waals surface area (Å²) < 4.78 is 0. The number of carbonyl (C=O) groups excluding carboxylic acids is 1. The van der Waals surface area contributed by atoms with Crippen molar-refractivity contribution in [2.24, 2.45) is 17.6 Å². The lowest BCUT2D eigenvalue weighted by Gasteiger charge is -2.36. The number of nitrogens with one attached hydrogen (secondary N) is 1. The van der Waals surface area contributed by atoms with Gasteiger partial charge in [0, 0.05) is 12.6 Å². The monoisotopic (exact) mass is 281 g/mol. The number of piperidine rings is 1. The van der Waals surface area contributed by atoms with Crippen LogP contribution in [0.5, 0.6) is 0 Å². The van der Waals surface area contributed by atoms with E-state index in [2.05, 4.69) is 17.1 Å². The van der Waals surface area contributed by atoms with Gasteiger partial charge in [0.2, 0.25) is 5.91 Å². The third kappa shape index (κ3) is 4.74. The third-order valence-corrected chi connectivity index (χ3v) is 5.09. The maximum absolute atomic E-state index is 12.2. The van der Waals surface area contributed by atoms with Gasteiger partial charge in [0.25, 0.3) is 0 Å². The zero-order valence-corrected chi connectivity index (χ0v) is 12.9. The molecule has 0 aromatic heterocycles. The van der Waals surface area contributed by atoms with E-state index in [0.717, 1.165) is 32.5 Å². The summed E-state index contributed by atoms with van der Waals surface area (Å²) in [7, 11) is 0. The van der Waals surface area contributed by atoms with Crippen molar-refractivity contribution in [3.05, 3.63) is 0 Å². The number of nitrogens with two attached hydrogens (primary N) is 1. The van der Waals surface area contributed by atoms with Crippen LogP contribution in [0.25, 0.3) is 0 Å². The molecule has 0 bridgehead atoms. The van der Waals surface area contributed by atoms with Crippen molar-refractivity contribution in [2.45, 2.75) is 57.9 Å². The summed E-state index contributed by atoms with van der Waals surface area (Å²) >= 11 is 0. The molecule has 3 N–H and O–H groups in total. The van der Waals surface area contributed by atoms with E-state index < -0.39 is 0 Å². The van der Waals surface area contributed by atoms with E-state index in [1.807, 2.05) is 0 Å². The molecule has 2 atom stereocenters. The molecule has 20 heavy (non-hydrogen) atoms. The summed E-state index contributed by atoms with van der Waals surface area (Å²) in [6.45, 7) is 5.59. The topological polar surface area (TPSA) is 58.4 Å². The van der Waals surface area contributed by atoms with Crippen molar-refractivity contribution in [3.63, 3.8) is 0 Å². The lowest BCUT2D eigenvalue weighted by atomic mass is 9.87. The van der Waals surface area contributed by atoms with Crippen LogP contribution in [0.1, 0.15) is 51.9 Å². The molecule has 0 aromatic carbocycles. The Morgan fingerprint density at radius 1 is 1.20 bits per heavy atom. The summed E-state index contributed by atoms with van der Waals surface area (Å²) in [5, 5.41) is 3.24. The first-order chi connectivity index (χ1) is 9.69. The normalized spacial score (nSPS) is 29.9. The number of carbonyl (C=O) groups is 1. The quantitative estimate of drug-likeness (QED) is 0.772. The number of nitrogens with zero attached hydrogens (tertiary/aromatic N) is 1. The van der Waals surface area contributed by atoms with Gasteiger partial charge in [0.05, 0.1) is 6.54 Å². The molecular formula is C16H31N3O. The predicted octanol–water partition coefficient (Wildman–Crippen LogP) is 1.74. The Kier molecular flexibility index (Phi) is 6.30. The first kappa shape index (κ1) is 15.8. The molecule has 1 saturated heterocycles. The van der Waals surface area contributed by atoms with Crippen LogP contribution in [0.2, 0.25) is 0 Å². The standard InChI is InChI=1S/C16H31N3O/c1-13-8-9-19(11-14(13)10-17)12-16(20)18-15-6-4-2-3-5-7-15/h13-15H,2-12,17H2,1H3,(H,18,20). The van der Waals surface area contributed by atoms with Crippen molar-refractivity contribution in [2.75, 3.05) is 26.2 Å². The SMILES string of the molecule is CC1CCN(CC(=O)NC2CCCCCC2)CC1CN. The fraction of sp³-hybridized carbons (Fsp3) is 0.938. The Morgan fingerprint density at radius 2 is 1.90 bits per heavy atom. The minimum atomic E-state index is 0.210. The predicted molar refractivity (Wildman–Crippen MR) is 82.4 cm³/mol. The van der Waals surface area contributed by atoms with Gasteiger partial charge in [0.1, 0.15) is 0 Å². The van der Waals surface area contributed by atoms with Crippen molar-refractivity contribution < 1.29 is 4.79 Å². The van der Waals surface area contributed by atoms with Crippen LogP contribution < -0.4 is 11.1 Å². The van der Waals surface area contributed by atoms with E-state index in [1.54, 1.807) is 0 Å². The molecule has 2 aliphatic rings. The minimum Gasteiger partial charge on any atom is -0.352 e. The van der Waals surface area contributed by atoms with E-state index in [0.29, 0.717) is 24.4 Å². The number of rotatable bonds is 4. The average Bonchev–Trinajstić information content (AvgIpc) is 2.69. The average molecular weight is 281 g/mol. The highest BCUT2D eigenvalue weighted by molar-refractivity contribution is 5.78. The molecule has 1 aliphatic carbocycles. The van der Waals surface area contributed by atoms with E-state index in [4.69, 9.17) is 5.73 Å². The van der Waals surface area contributed by atoms with Crippen molar-refractivity contribution in [1.29, 1.82) is 0 Å². The molecule has 2 fully saturated rings. The Bertz CT molecular complexity index is 300. The number of hydrogen-bond acceptors (Lipinski definition) is 3. The maximum Gasteiger partial charge on any atom is 0.234 e. The van der Waals surface area contributed by atoms with Gasteiger partial charge in [-0.05, 0) is 44.2 Å². The molecule has 1 aliphatic heterocycles. The van der Waals surface area contributed by atoms with Gasteiger partial charge in [-0.3, -0.25) is 9.69 Å². The molecule has 0 spiro atoms. The Balaban J connectivity index is 1.73. The first-order valence-corrected chi connectivity index (χ1v) is 8.41. The summed E-state index contributed by atoms with van der Waals surface area (Å²) in [5.74, 6) is 1.46. The molecule has 1 heterocycles. The molecule has 2 rings (SSSR count). The summed E-state index contributed by atoms with van der Waals surface area (Å²) in [5.41, 5.74) is 5.83. The van der Waals surface area contributed by atoms with Crippen LogP contribution in [-0.4, -0.2) is 43.0 Å². The van der Waals surface area contributed by atoms with Crippen molar-refractivity contribution >= 4 is 5.91 Å². The number of hydrogen-bond donors (Lipinski definition) is 2. The van der Waals surface area contributed by atoms with Crippen LogP contribution in [0.3, 0.4) is 0 Å². The van der Waals surface area contributed by atoms with E-state index >= 15 is 0 Å². The minimum absolute atomic E-state index is 0.210. The fourth-order valence-electron chi connectivity index (χ4n) is 3.58. The van der Waals surface area contributed by atoms with E-state index in [9.17, 15) is 4.79 Å². The van der Waals surface area contributed by atoms with Gasteiger partial charge in [-0.1, -0.05) is 32.6 Å². The molecule has 1 saturated carbocycles. The molecule has 116 valence electrons. The fourth-order valence-corrected chi connectivity index (χ4v) is 3.58. The maximum atomic E-state index is 12.2. The first-order valence-electron chi connectivity index (χ1n) is 8.41. The molecule has 4 nitrogen and oxygen atoms in total. The highest BCUT2D eigenvalue weighted by Crippen LogP contribution is 2.22. The highest BCUT2D eigenvalue weighted by atomic mass is 16.2. The second kappa shape index (κ2) is 7.99. The van der Waals surface area contributed by atoms with Crippen LogP contribution in [0, 0.1) is 11.8 Å². The Labute approximate surface area is 123 Å². The molecule has 1 amide bonds. The smallest absolute Gasteiger partial charge is 0.234 e. The zero-order valence-electron chi connectivity index (χ0n) is 12.9. The van der Waals surface area contributed by atoms with Gasteiger partial charge in [-0.2, -0.15) is 0 Å². The Hall–Kier alpha value is -0.610. The van der Waals surface area contributed by atoms with Gasteiger partial charge in [-0.25, -0.2) is 0 Å². The second-order valence-corrected chi connectivity index (χ2v) is 6.75. The number of amides is 1. The van der Waals surface area contributed by atoms with E-state index in [-0.39, 0.29) is 5.91 Å². The molecule has 0 aromatic rings. The second-order valence-electron chi connectivity index (χ2n) is 6.75. The van der Waals surface area contributed by atoms with Gasteiger partial charge in [-0.15, -0.1) is 0 Å². The molecule has 0 radical (unpaired) electrons. The lowest BCUT2D eigenvalue weighted by Crippen LogP contribution is -2.48. The van der Waals surface area contributed by atoms with Gasteiger partial charge in [0.15, 0.2) is 0 Å². The van der Waals surface area contributed by atoms with Crippen LogP contribution in [0.4, 0.5) is 0 Å². The van der Waals surface area contributed by atoms with Crippen LogP contribution in [0.15, 0.2) is 0 Å². The van der Waals surface area contributed by atoms with Crippen LogP contribution in [-0.2, 0) is 4.79 Å². The largest absolute Gasteiger partial charge is 0.352 e. The lowest BCUT2D eigenvalue weighted by molar-refractivity contribution is -0.123. The molecule has 4 heteroatoms.